The summed E-state index contributed by atoms with van der Waals surface area (Å²) in [6.45, 7) is 0.817. The molecule has 2 aromatic heterocycles. The molecule has 3 heteroatoms. The van der Waals surface area contributed by atoms with Crippen LogP contribution in [-0.4, -0.2) is 10.9 Å². The maximum atomic E-state index is 11.1. The van der Waals surface area contributed by atoms with Gasteiger partial charge in [0, 0.05) is 23.7 Å². The van der Waals surface area contributed by atoms with E-state index in [1.54, 1.807) is 11.3 Å². The first-order valence-corrected chi connectivity index (χ1v) is 6.37. The van der Waals surface area contributed by atoms with Gasteiger partial charge in [0.2, 0.25) is 0 Å². The molecule has 0 fully saturated rings. The van der Waals surface area contributed by atoms with Gasteiger partial charge in [0.05, 0.1) is 5.52 Å². The molecule has 0 unspecified atom stereocenters. The Hall–Kier alpha value is -1.87. The number of hydrogen-bond acceptors (Lipinski definition) is 2. The van der Waals surface area contributed by atoms with E-state index in [-0.39, 0.29) is 0 Å². The standard InChI is InChI=1S/C14H11NOS/c16-9-13-3-1-2-12-4-6-15(14(12)13)8-11-5-7-17-10-11/h1-7,9-10H,8H2. The van der Waals surface area contributed by atoms with E-state index in [9.17, 15) is 4.79 Å². The van der Waals surface area contributed by atoms with E-state index in [1.807, 2.05) is 24.4 Å². The summed E-state index contributed by atoms with van der Waals surface area (Å²) < 4.78 is 2.13. The van der Waals surface area contributed by atoms with Crippen molar-refractivity contribution >= 4 is 28.5 Å². The fourth-order valence-corrected chi connectivity index (χ4v) is 2.76. The van der Waals surface area contributed by atoms with Gasteiger partial charge in [0.15, 0.2) is 6.29 Å². The monoisotopic (exact) mass is 241 g/mol. The van der Waals surface area contributed by atoms with Gasteiger partial charge in [-0.1, -0.05) is 12.1 Å². The van der Waals surface area contributed by atoms with Crippen LogP contribution < -0.4 is 0 Å². The summed E-state index contributed by atoms with van der Waals surface area (Å²) in [6.07, 6.45) is 2.96. The van der Waals surface area contributed by atoms with E-state index >= 15 is 0 Å². The summed E-state index contributed by atoms with van der Waals surface area (Å²) in [4.78, 5) is 11.1. The van der Waals surface area contributed by atoms with Gasteiger partial charge in [-0.25, -0.2) is 0 Å². The van der Waals surface area contributed by atoms with Gasteiger partial charge in [-0.05, 0) is 34.5 Å². The van der Waals surface area contributed by atoms with Crippen molar-refractivity contribution in [3.63, 3.8) is 0 Å². The van der Waals surface area contributed by atoms with Crippen molar-refractivity contribution in [2.24, 2.45) is 0 Å². The fourth-order valence-electron chi connectivity index (χ4n) is 2.10. The van der Waals surface area contributed by atoms with Gasteiger partial charge < -0.3 is 4.57 Å². The molecular formula is C14H11NOS. The first-order chi connectivity index (χ1) is 8.38. The van der Waals surface area contributed by atoms with Gasteiger partial charge in [-0.15, -0.1) is 0 Å². The Bertz CT molecular complexity index is 652. The van der Waals surface area contributed by atoms with Crippen molar-refractivity contribution in [1.29, 1.82) is 0 Å². The second-order valence-corrected chi connectivity index (χ2v) is 4.76. The molecule has 0 aliphatic heterocycles. The van der Waals surface area contributed by atoms with Crippen LogP contribution in [0.15, 0.2) is 47.3 Å². The minimum atomic E-state index is 0.753. The number of carbonyl (C=O) groups is 1. The molecule has 0 saturated carbocycles. The highest BCUT2D eigenvalue weighted by atomic mass is 32.1. The summed E-state index contributed by atoms with van der Waals surface area (Å²) >= 11 is 1.69. The molecule has 0 aliphatic carbocycles. The highest BCUT2D eigenvalue weighted by molar-refractivity contribution is 7.07. The molecule has 0 bridgehead atoms. The van der Waals surface area contributed by atoms with Gasteiger partial charge in [-0.2, -0.15) is 11.3 Å². The molecule has 0 saturated heterocycles. The van der Waals surface area contributed by atoms with E-state index in [0.29, 0.717) is 0 Å². The lowest BCUT2D eigenvalue weighted by molar-refractivity contribution is 0.112. The first kappa shape index (κ1) is 10.3. The van der Waals surface area contributed by atoms with Crippen LogP contribution in [-0.2, 0) is 6.54 Å². The quantitative estimate of drug-likeness (QED) is 0.643. The summed E-state index contributed by atoms with van der Waals surface area (Å²) in [5, 5.41) is 5.32. The zero-order valence-corrected chi connectivity index (χ0v) is 9.98. The minimum Gasteiger partial charge on any atom is -0.342 e. The zero-order chi connectivity index (χ0) is 11.7. The van der Waals surface area contributed by atoms with Crippen LogP contribution in [0.1, 0.15) is 15.9 Å². The third kappa shape index (κ3) is 1.78. The number of hydrogen-bond donors (Lipinski definition) is 0. The molecular weight excluding hydrogens is 230 g/mol. The lowest BCUT2D eigenvalue weighted by atomic mass is 10.1. The summed E-state index contributed by atoms with van der Waals surface area (Å²) in [6, 6.07) is 9.97. The molecule has 0 spiro atoms. The molecule has 84 valence electrons. The van der Waals surface area contributed by atoms with Crippen LogP contribution in [0.4, 0.5) is 0 Å². The number of fused-ring (bicyclic) bond motifs is 1. The lowest BCUT2D eigenvalue weighted by Gasteiger charge is -2.05. The van der Waals surface area contributed by atoms with Gasteiger partial charge in [-0.3, -0.25) is 4.79 Å². The van der Waals surface area contributed by atoms with Crippen molar-refractivity contribution in [2.45, 2.75) is 6.54 Å². The maximum absolute atomic E-state index is 11.1. The highest BCUT2D eigenvalue weighted by Gasteiger charge is 2.06. The van der Waals surface area contributed by atoms with Crippen molar-refractivity contribution in [1.82, 2.24) is 4.57 Å². The van der Waals surface area contributed by atoms with Crippen molar-refractivity contribution < 1.29 is 4.79 Å². The SMILES string of the molecule is O=Cc1cccc2ccn(Cc3ccsc3)c12. The lowest BCUT2D eigenvalue weighted by Crippen LogP contribution is -1.98. The Morgan fingerprint density at radius 1 is 1.24 bits per heavy atom. The fraction of sp³-hybridized carbons (Fsp3) is 0.0714. The maximum Gasteiger partial charge on any atom is 0.152 e. The summed E-state index contributed by atoms with van der Waals surface area (Å²) in [7, 11) is 0. The van der Waals surface area contributed by atoms with Gasteiger partial charge in [0.1, 0.15) is 0 Å². The molecule has 0 amide bonds. The molecule has 2 heterocycles. The predicted octanol–water partition coefficient (Wildman–Crippen LogP) is 3.56. The molecule has 0 aliphatic rings. The Labute approximate surface area is 103 Å². The molecule has 3 rings (SSSR count). The molecule has 0 radical (unpaired) electrons. The van der Waals surface area contributed by atoms with Gasteiger partial charge in [0.25, 0.3) is 0 Å². The van der Waals surface area contributed by atoms with Crippen LogP contribution in [0, 0.1) is 0 Å². The van der Waals surface area contributed by atoms with E-state index in [0.717, 1.165) is 29.3 Å². The molecule has 0 atom stereocenters. The third-order valence-electron chi connectivity index (χ3n) is 2.88. The van der Waals surface area contributed by atoms with Crippen molar-refractivity contribution in [3.05, 3.63) is 58.4 Å². The van der Waals surface area contributed by atoms with Crippen LogP contribution in [0.25, 0.3) is 10.9 Å². The van der Waals surface area contributed by atoms with E-state index in [4.69, 9.17) is 0 Å². The Morgan fingerprint density at radius 2 is 2.18 bits per heavy atom. The van der Waals surface area contributed by atoms with E-state index in [2.05, 4.69) is 27.5 Å². The Kier molecular flexibility index (Phi) is 2.53. The third-order valence-corrected chi connectivity index (χ3v) is 3.61. The molecule has 2 nitrogen and oxygen atoms in total. The summed E-state index contributed by atoms with van der Waals surface area (Å²) in [5.41, 5.74) is 3.05. The number of aromatic nitrogens is 1. The topological polar surface area (TPSA) is 22.0 Å². The number of benzene rings is 1. The second kappa shape index (κ2) is 4.18. The van der Waals surface area contributed by atoms with E-state index in [1.165, 1.54) is 5.56 Å². The van der Waals surface area contributed by atoms with Crippen molar-refractivity contribution in [3.8, 4) is 0 Å². The highest BCUT2D eigenvalue weighted by Crippen LogP contribution is 2.21. The van der Waals surface area contributed by atoms with Crippen LogP contribution in [0.5, 0.6) is 0 Å². The summed E-state index contributed by atoms with van der Waals surface area (Å²) in [5.74, 6) is 0. The predicted molar refractivity (Wildman–Crippen MR) is 70.7 cm³/mol. The molecule has 3 aromatic rings. The molecule has 17 heavy (non-hydrogen) atoms. The Balaban J connectivity index is 2.13. The smallest absolute Gasteiger partial charge is 0.152 e. The largest absolute Gasteiger partial charge is 0.342 e. The van der Waals surface area contributed by atoms with Crippen molar-refractivity contribution in [2.75, 3.05) is 0 Å². The molecule has 1 aromatic carbocycles. The first-order valence-electron chi connectivity index (χ1n) is 5.42. The second-order valence-electron chi connectivity index (χ2n) is 3.98. The number of rotatable bonds is 3. The zero-order valence-electron chi connectivity index (χ0n) is 9.17. The number of nitrogens with zero attached hydrogens (tertiary/aromatic N) is 1. The van der Waals surface area contributed by atoms with E-state index < -0.39 is 0 Å². The number of carbonyl (C=O) groups excluding carboxylic acids is 1. The average Bonchev–Trinajstić information content (AvgIpc) is 2.99. The number of aldehydes is 1. The van der Waals surface area contributed by atoms with Crippen LogP contribution >= 0.6 is 11.3 Å². The molecule has 0 N–H and O–H groups in total. The van der Waals surface area contributed by atoms with Crippen LogP contribution in [0.3, 0.4) is 0 Å². The normalized spacial score (nSPS) is 10.8. The average molecular weight is 241 g/mol. The van der Waals surface area contributed by atoms with Gasteiger partial charge >= 0.3 is 0 Å². The minimum absolute atomic E-state index is 0.753. The Morgan fingerprint density at radius 3 is 2.94 bits per heavy atom. The number of thiophene rings is 1. The number of para-hydroxylation sites is 1. The van der Waals surface area contributed by atoms with Crippen LogP contribution in [0.2, 0.25) is 0 Å².